The van der Waals surface area contributed by atoms with Crippen molar-refractivity contribution in [1.29, 1.82) is 0 Å². The highest BCUT2D eigenvalue weighted by Crippen LogP contribution is 2.33. The molecule has 2 aliphatic rings. The Morgan fingerprint density at radius 1 is 1.17 bits per heavy atom. The zero-order chi connectivity index (χ0) is 20.2. The van der Waals surface area contributed by atoms with Crippen molar-refractivity contribution in [2.45, 2.75) is 19.5 Å². The number of hydrogen-bond acceptors (Lipinski definition) is 9. The number of anilines is 3. The third kappa shape index (κ3) is 4.46. The molecule has 0 spiro atoms. The molecule has 1 unspecified atom stereocenters. The molecule has 29 heavy (non-hydrogen) atoms. The number of methoxy groups -OCH3 is 1. The lowest BCUT2D eigenvalue weighted by atomic mass is 10.1. The number of aromatic nitrogens is 2. The number of nitrogens with one attached hydrogen (secondary N) is 1. The van der Waals surface area contributed by atoms with Gasteiger partial charge in [-0.15, -0.1) is 0 Å². The van der Waals surface area contributed by atoms with Gasteiger partial charge in [-0.1, -0.05) is 6.07 Å². The van der Waals surface area contributed by atoms with Gasteiger partial charge in [0.15, 0.2) is 23.1 Å². The van der Waals surface area contributed by atoms with Gasteiger partial charge in [0.1, 0.15) is 12.0 Å². The Bertz CT molecular complexity index is 841. The van der Waals surface area contributed by atoms with E-state index in [4.69, 9.17) is 19.9 Å². The second-order valence-corrected chi connectivity index (χ2v) is 7.41. The lowest BCUT2D eigenvalue weighted by molar-refractivity contribution is 0.174. The van der Waals surface area contributed by atoms with E-state index in [2.05, 4.69) is 37.2 Å². The minimum Gasteiger partial charge on any atom is -0.454 e. The minimum absolute atomic E-state index is 0.114. The van der Waals surface area contributed by atoms with E-state index in [1.165, 1.54) is 5.56 Å². The molecule has 2 aliphatic heterocycles. The highest BCUT2D eigenvalue weighted by molar-refractivity contribution is 5.75. The Labute approximate surface area is 170 Å². The summed E-state index contributed by atoms with van der Waals surface area (Å²) in [6, 6.07) is 6.26. The fourth-order valence-electron chi connectivity index (χ4n) is 3.69. The van der Waals surface area contributed by atoms with Crippen molar-refractivity contribution in [3.63, 3.8) is 0 Å². The second-order valence-electron chi connectivity index (χ2n) is 7.41. The van der Waals surface area contributed by atoms with Crippen molar-refractivity contribution in [1.82, 2.24) is 14.9 Å². The number of nitrogens with two attached hydrogens (primary N) is 1. The van der Waals surface area contributed by atoms with Gasteiger partial charge in [0.25, 0.3) is 0 Å². The van der Waals surface area contributed by atoms with Gasteiger partial charge in [-0.3, -0.25) is 4.90 Å². The maximum Gasteiger partial charge on any atom is 0.231 e. The van der Waals surface area contributed by atoms with Gasteiger partial charge in [-0.25, -0.2) is 9.97 Å². The average molecular weight is 400 g/mol. The van der Waals surface area contributed by atoms with Gasteiger partial charge >= 0.3 is 0 Å². The van der Waals surface area contributed by atoms with E-state index < -0.39 is 0 Å². The summed E-state index contributed by atoms with van der Waals surface area (Å²) in [5.74, 6) is 3.09. The van der Waals surface area contributed by atoms with Crippen molar-refractivity contribution < 1.29 is 14.2 Å². The molecule has 1 aromatic heterocycles. The summed E-state index contributed by atoms with van der Waals surface area (Å²) in [6.45, 7) is 7.38. The molecule has 3 N–H and O–H groups in total. The van der Waals surface area contributed by atoms with Crippen LogP contribution in [0.15, 0.2) is 24.5 Å². The zero-order valence-electron chi connectivity index (χ0n) is 16.9. The zero-order valence-corrected chi connectivity index (χ0v) is 16.9. The molecule has 0 saturated carbocycles. The number of fused-ring (bicyclic) bond motifs is 1. The smallest absolute Gasteiger partial charge is 0.231 e. The van der Waals surface area contributed by atoms with Crippen LogP contribution in [0.1, 0.15) is 12.5 Å². The fourth-order valence-corrected chi connectivity index (χ4v) is 3.69. The Balaban J connectivity index is 1.36. The molecule has 1 fully saturated rings. The van der Waals surface area contributed by atoms with E-state index in [1.807, 2.05) is 13.0 Å². The van der Waals surface area contributed by atoms with Crippen LogP contribution in [0.4, 0.5) is 17.3 Å². The largest absolute Gasteiger partial charge is 0.454 e. The molecule has 1 aromatic carbocycles. The monoisotopic (exact) mass is 400 g/mol. The summed E-state index contributed by atoms with van der Waals surface area (Å²) >= 11 is 0. The molecule has 0 bridgehead atoms. The summed E-state index contributed by atoms with van der Waals surface area (Å²) in [6.07, 6.45) is 1.56. The third-order valence-corrected chi connectivity index (χ3v) is 5.18. The van der Waals surface area contributed by atoms with Crippen LogP contribution < -0.4 is 25.4 Å². The summed E-state index contributed by atoms with van der Waals surface area (Å²) in [4.78, 5) is 13.4. The quantitative estimate of drug-likeness (QED) is 0.717. The molecular weight excluding hydrogens is 372 g/mol. The Hall–Kier alpha value is -2.78. The molecule has 4 rings (SSSR count). The molecule has 9 nitrogen and oxygen atoms in total. The molecule has 0 amide bonds. The first-order valence-corrected chi connectivity index (χ1v) is 9.86. The molecule has 0 radical (unpaired) electrons. The summed E-state index contributed by atoms with van der Waals surface area (Å²) in [5, 5.41) is 3.29. The van der Waals surface area contributed by atoms with E-state index in [0.717, 1.165) is 50.0 Å². The van der Waals surface area contributed by atoms with Gasteiger partial charge in [0, 0.05) is 45.9 Å². The van der Waals surface area contributed by atoms with Crippen molar-refractivity contribution >= 4 is 17.3 Å². The van der Waals surface area contributed by atoms with Crippen LogP contribution in [0.5, 0.6) is 11.5 Å². The molecule has 0 aliphatic carbocycles. The third-order valence-electron chi connectivity index (χ3n) is 5.18. The first-order chi connectivity index (χ1) is 14.1. The van der Waals surface area contributed by atoms with Crippen LogP contribution in [-0.2, 0) is 11.3 Å². The first kappa shape index (κ1) is 19.5. The molecule has 3 heterocycles. The number of rotatable bonds is 7. The number of nitrogens with zero attached hydrogens (tertiary/aromatic N) is 4. The van der Waals surface area contributed by atoms with E-state index in [0.29, 0.717) is 24.9 Å². The Kier molecular flexibility index (Phi) is 5.86. The fraction of sp³-hybridized carbons (Fsp3) is 0.500. The number of hydrogen-bond donors (Lipinski definition) is 2. The van der Waals surface area contributed by atoms with Crippen LogP contribution in [-0.4, -0.2) is 67.6 Å². The van der Waals surface area contributed by atoms with Crippen molar-refractivity contribution in [2.75, 3.05) is 62.6 Å². The van der Waals surface area contributed by atoms with Crippen LogP contribution in [0.2, 0.25) is 0 Å². The van der Waals surface area contributed by atoms with Gasteiger partial charge < -0.3 is 30.2 Å². The predicted molar refractivity (Wildman–Crippen MR) is 111 cm³/mol. The minimum atomic E-state index is 0.114. The lowest BCUT2D eigenvalue weighted by Crippen LogP contribution is -2.46. The number of piperazine rings is 1. The molecule has 156 valence electrons. The van der Waals surface area contributed by atoms with Gasteiger partial charge in [0.2, 0.25) is 6.79 Å². The lowest BCUT2D eigenvalue weighted by Gasteiger charge is -2.36. The number of benzene rings is 1. The van der Waals surface area contributed by atoms with Crippen molar-refractivity contribution in [2.24, 2.45) is 0 Å². The molecule has 1 atom stereocenters. The van der Waals surface area contributed by atoms with Gasteiger partial charge in [-0.2, -0.15) is 0 Å². The molecule has 2 aromatic rings. The first-order valence-electron chi connectivity index (χ1n) is 9.86. The molecule has 9 heteroatoms. The number of ether oxygens (including phenoxy) is 3. The normalized spacial score (nSPS) is 17.4. The van der Waals surface area contributed by atoms with Gasteiger partial charge in [0.05, 0.1) is 6.61 Å². The maximum atomic E-state index is 6.36. The summed E-state index contributed by atoms with van der Waals surface area (Å²) in [7, 11) is 1.68. The number of nitrogen functional groups attached to an aromatic ring is 1. The topological polar surface area (TPSA) is 98.0 Å². The molecular formula is C20H28N6O3. The van der Waals surface area contributed by atoms with Crippen molar-refractivity contribution in [3.05, 3.63) is 30.1 Å². The van der Waals surface area contributed by atoms with E-state index >= 15 is 0 Å². The van der Waals surface area contributed by atoms with Gasteiger partial charge in [-0.05, 0) is 24.6 Å². The van der Waals surface area contributed by atoms with Crippen LogP contribution in [0, 0.1) is 0 Å². The van der Waals surface area contributed by atoms with Crippen LogP contribution in [0.25, 0.3) is 0 Å². The van der Waals surface area contributed by atoms with E-state index in [1.54, 1.807) is 13.4 Å². The summed E-state index contributed by atoms with van der Waals surface area (Å²) < 4.78 is 16.0. The maximum absolute atomic E-state index is 6.36. The highest BCUT2D eigenvalue weighted by Gasteiger charge is 2.22. The van der Waals surface area contributed by atoms with E-state index in [9.17, 15) is 0 Å². The van der Waals surface area contributed by atoms with Crippen molar-refractivity contribution in [3.8, 4) is 11.5 Å². The highest BCUT2D eigenvalue weighted by atomic mass is 16.7. The second kappa shape index (κ2) is 8.71. The van der Waals surface area contributed by atoms with E-state index in [-0.39, 0.29) is 6.04 Å². The average Bonchev–Trinajstić information content (AvgIpc) is 3.18. The Morgan fingerprint density at radius 3 is 2.76 bits per heavy atom. The van der Waals surface area contributed by atoms with Crippen LogP contribution in [0.3, 0.4) is 0 Å². The Morgan fingerprint density at radius 2 is 1.97 bits per heavy atom. The van der Waals surface area contributed by atoms with Crippen LogP contribution >= 0.6 is 0 Å². The SMILES string of the molecule is COCC(C)Nc1ncnc(N2CCN(Cc3ccc4c(c3)OCO4)CC2)c1N. The summed E-state index contributed by atoms with van der Waals surface area (Å²) in [5.41, 5.74) is 8.17. The predicted octanol–water partition coefficient (Wildman–Crippen LogP) is 1.56. The standard InChI is InChI=1S/C20H28N6O3/c1-14(11-27-2)24-19-18(21)20(23-12-22-19)26-7-5-25(6-8-26)10-15-3-4-16-17(9-15)29-13-28-16/h3-4,9,12,14H,5-8,10-11,13,21H2,1-2H3,(H,22,23,24). The molecule has 1 saturated heterocycles.